The number of primary sulfonamides is 1. The maximum Gasteiger partial charge on any atom is 0.271 e. The molecule has 0 spiro atoms. The monoisotopic (exact) mass is 424 g/mol. The SMILES string of the molecule is CCN(CC)Cc1cc(S(=O)(=O)c2coc(S(N)(=O)=O)c2)ccc1O.Cl. The summed E-state index contributed by atoms with van der Waals surface area (Å²) in [5.74, 6) is -0.0109. The standard InChI is InChI=1S/C15H20N2O6S2.ClH/c1-3-17(4-2)9-11-7-12(5-6-14(11)18)24(19,20)13-8-15(23-10-13)25(16,21)22;/h5-8,10,18H,3-4,9H2,1-2H3,(H2,16,21,22);1H. The second kappa shape index (κ2) is 8.40. The van der Waals surface area contributed by atoms with Gasteiger partial charge in [0.25, 0.3) is 10.0 Å². The maximum atomic E-state index is 12.7. The minimum atomic E-state index is -4.14. The number of halogens is 1. The molecule has 1 heterocycles. The largest absolute Gasteiger partial charge is 0.508 e. The lowest BCUT2D eigenvalue weighted by molar-refractivity contribution is 0.290. The van der Waals surface area contributed by atoms with Crippen molar-refractivity contribution in [1.29, 1.82) is 0 Å². The number of hydrogen-bond acceptors (Lipinski definition) is 7. The first-order valence-electron chi connectivity index (χ1n) is 7.50. The Kier molecular flexibility index (Phi) is 7.25. The molecule has 0 radical (unpaired) electrons. The van der Waals surface area contributed by atoms with Crippen LogP contribution in [0.25, 0.3) is 0 Å². The van der Waals surface area contributed by atoms with Crippen molar-refractivity contribution in [3.05, 3.63) is 36.1 Å². The molecule has 1 aromatic heterocycles. The summed E-state index contributed by atoms with van der Waals surface area (Å²) in [7, 11) is -8.15. The fourth-order valence-electron chi connectivity index (χ4n) is 2.27. The third kappa shape index (κ3) is 4.77. The third-order valence-electron chi connectivity index (χ3n) is 3.79. The first-order chi connectivity index (χ1) is 11.6. The molecule has 3 N–H and O–H groups in total. The van der Waals surface area contributed by atoms with Gasteiger partial charge in [-0.05, 0) is 31.3 Å². The number of sulfone groups is 1. The lowest BCUT2D eigenvalue weighted by Gasteiger charge is -2.19. The molecular weight excluding hydrogens is 404 g/mol. The first-order valence-corrected chi connectivity index (χ1v) is 10.5. The van der Waals surface area contributed by atoms with Gasteiger partial charge in [0.1, 0.15) is 16.9 Å². The van der Waals surface area contributed by atoms with E-state index < -0.39 is 25.0 Å². The quantitative estimate of drug-likeness (QED) is 0.691. The van der Waals surface area contributed by atoms with E-state index in [1.807, 2.05) is 18.7 Å². The van der Waals surface area contributed by atoms with E-state index in [1.165, 1.54) is 18.2 Å². The lowest BCUT2D eigenvalue weighted by atomic mass is 10.2. The van der Waals surface area contributed by atoms with E-state index >= 15 is 0 Å². The van der Waals surface area contributed by atoms with Crippen LogP contribution in [0.1, 0.15) is 19.4 Å². The molecular formula is C15H21ClN2O6S2. The van der Waals surface area contributed by atoms with Crippen molar-refractivity contribution < 1.29 is 26.4 Å². The summed E-state index contributed by atoms with van der Waals surface area (Å²) in [4.78, 5) is 1.62. The van der Waals surface area contributed by atoms with Crippen LogP contribution in [0.15, 0.2) is 49.8 Å². The summed E-state index contributed by atoms with van der Waals surface area (Å²) in [6.07, 6.45) is 0.825. The molecule has 0 aliphatic rings. The first kappa shape index (κ1) is 22.5. The van der Waals surface area contributed by atoms with Gasteiger partial charge in [-0.25, -0.2) is 22.0 Å². The molecule has 0 unspecified atom stereocenters. The Bertz CT molecular complexity index is 966. The fraction of sp³-hybridized carbons (Fsp3) is 0.333. The molecule has 0 bridgehead atoms. The molecule has 11 heteroatoms. The molecule has 2 rings (SSSR count). The zero-order valence-corrected chi connectivity index (χ0v) is 16.7. The number of nitrogens with two attached hydrogens (primary N) is 1. The third-order valence-corrected chi connectivity index (χ3v) is 6.28. The summed E-state index contributed by atoms with van der Waals surface area (Å²) in [5, 5.41) is 14.3. The van der Waals surface area contributed by atoms with Crippen molar-refractivity contribution in [2.75, 3.05) is 13.1 Å². The summed E-state index contributed by atoms with van der Waals surface area (Å²) >= 11 is 0. The van der Waals surface area contributed by atoms with Crippen molar-refractivity contribution in [3.8, 4) is 5.75 Å². The molecule has 146 valence electrons. The van der Waals surface area contributed by atoms with Gasteiger partial charge in [-0.1, -0.05) is 13.8 Å². The van der Waals surface area contributed by atoms with E-state index in [4.69, 9.17) is 9.56 Å². The number of nitrogens with zero attached hydrogens (tertiary/aromatic N) is 1. The summed E-state index contributed by atoms with van der Waals surface area (Å²) in [6, 6.07) is 4.78. The van der Waals surface area contributed by atoms with E-state index in [0.717, 1.165) is 25.4 Å². The average Bonchev–Trinajstić information content (AvgIpc) is 3.05. The van der Waals surface area contributed by atoms with Crippen LogP contribution >= 0.6 is 12.4 Å². The number of benzene rings is 1. The van der Waals surface area contributed by atoms with E-state index in [0.29, 0.717) is 12.1 Å². The van der Waals surface area contributed by atoms with E-state index in [9.17, 15) is 21.9 Å². The zero-order valence-electron chi connectivity index (χ0n) is 14.2. The Morgan fingerprint density at radius 3 is 2.19 bits per heavy atom. The highest BCUT2D eigenvalue weighted by atomic mass is 35.5. The van der Waals surface area contributed by atoms with Crippen LogP contribution in [0.5, 0.6) is 5.75 Å². The Morgan fingerprint density at radius 1 is 1.08 bits per heavy atom. The van der Waals surface area contributed by atoms with Gasteiger partial charge in [-0.2, -0.15) is 0 Å². The Balaban J connectivity index is 0.00000338. The molecule has 0 aliphatic heterocycles. The minimum Gasteiger partial charge on any atom is -0.508 e. The number of hydrogen-bond donors (Lipinski definition) is 2. The molecule has 0 aliphatic carbocycles. The van der Waals surface area contributed by atoms with Gasteiger partial charge in [0, 0.05) is 18.2 Å². The van der Waals surface area contributed by atoms with Crippen LogP contribution < -0.4 is 5.14 Å². The number of phenols is 1. The number of furan rings is 1. The molecule has 1 aromatic carbocycles. The maximum absolute atomic E-state index is 12.7. The van der Waals surface area contributed by atoms with E-state index in [2.05, 4.69) is 0 Å². The van der Waals surface area contributed by atoms with Gasteiger partial charge in [-0.15, -0.1) is 12.4 Å². The molecule has 2 aromatic rings. The van der Waals surface area contributed by atoms with Crippen molar-refractivity contribution >= 4 is 32.3 Å². The summed E-state index contributed by atoms with van der Waals surface area (Å²) in [5.41, 5.74) is 0.458. The highest BCUT2D eigenvalue weighted by Gasteiger charge is 2.24. The van der Waals surface area contributed by atoms with Crippen LogP contribution in [0.2, 0.25) is 0 Å². The molecule has 0 amide bonds. The highest BCUT2D eigenvalue weighted by Crippen LogP contribution is 2.28. The minimum absolute atomic E-state index is 0. The number of sulfonamides is 1. The highest BCUT2D eigenvalue weighted by molar-refractivity contribution is 7.91. The molecule has 8 nitrogen and oxygen atoms in total. The molecule has 0 saturated heterocycles. The number of rotatable bonds is 7. The Hall–Kier alpha value is -1.59. The van der Waals surface area contributed by atoms with Crippen LogP contribution in [-0.2, 0) is 26.4 Å². The van der Waals surface area contributed by atoms with E-state index in [-0.39, 0.29) is 27.9 Å². The van der Waals surface area contributed by atoms with Crippen LogP contribution in [-0.4, -0.2) is 39.9 Å². The van der Waals surface area contributed by atoms with Gasteiger partial charge < -0.3 is 9.52 Å². The molecule has 0 atom stereocenters. The number of aromatic hydroxyl groups is 1. The smallest absolute Gasteiger partial charge is 0.271 e. The van der Waals surface area contributed by atoms with Gasteiger partial charge in [-0.3, -0.25) is 4.90 Å². The Morgan fingerprint density at radius 2 is 1.69 bits per heavy atom. The average molecular weight is 425 g/mol. The van der Waals surface area contributed by atoms with Gasteiger partial charge in [0.05, 0.1) is 4.90 Å². The van der Waals surface area contributed by atoms with Crippen LogP contribution in [0.4, 0.5) is 0 Å². The molecule has 26 heavy (non-hydrogen) atoms. The van der Waals surface area contributed by atoms with E-state index in [1.54, 1.807) is 0 Å². The normalized spacial score (nSPS) is 12.2. The van der Waals surface area contributed by atoms with Gasteiger partial charge >= 0.3 is 0 Å². The van der Waals surface area contributed by atoms with Crippen LogP contribution in [0.3, 0.4) is 0 Å². The summed E-state index contributed by atoms with van der Waals surface area (Å²) < 4.78 is 52.6. The van der Waals surface area contributed by atoms with Crippen LogP contribution in [0, 0.1) is 0 Å². The second-order valence-electron chi connectivity index (χ2n) is 5.40. The predicted octanol–water partition coefficient (Wildman–Crippen LogP) is 1.73. The second-order valence-corrected chi connectivity index (χ2v) is 8.84. The summed E-state index contributed by atoms with van der Waals surface area (Å²) in [6.45, 7) is 5.79. The Labute approximate surface area is 159 Å². The van der Waals surface area contributed by atoms with Crippen molar-refractivity contribution in [1.82, 2.24) is 4.90 Å². The van der Waals surface area contributed by atoms with Gasteiger partial charge in [0.15, 0.2) is 0 Å². The zero-order chi connectivity index (χ0) is 18.8. The van der Waals surface area contributed by atoms with Crippen molar-refractivity contribution in [2.45, 2.75) is 35.3 Å². The fourth-order valence-corrected chi connectivity index (χ4v) is 4.07. The lowest BCUT2D eigenvalue weighted by Crippen LogP contribution is -2.22. The predicted molar refractivity (Wildman–Crippen MR) is 97.5 cm³/mol. The molecule has 0 fully saturated rings. The topological polar surface area (TPSA) is 131 Å². The van der Waals surface area contributed by atoms with Crippen molar-refractivity contribution in [3.63, 3.8) is 0 Å². The van der Waals surface area contributed by atoms with Crippen molar-refractivity contribution in [2.24, 2.45) is 5.14 Å². The van der Waals surface area contributed by atoms with Gasteiger partial charge in [0.2, 0.25) is 14.9 Å². The molecule has 0 saturated carbocycles. The number of phenolic OH excluding ortho intramolecular Hbond substituents is 1.